The second kappa shape index (κ2) is 10.1. The molecule has 7 heteroatoms. The van der Waals surface area contributed by atoms with Crippen LogP contribution in [0.2, 0.25) is 0 Å². The maximum atomic E-state index is 12.9. The molecule has 0 aliphatic carbocycles. The molecule has 1 fully saturated rings. The predicted molar refractivity (Wildman–Crippen MR) is 151 cm³/mol. The lowest BCUT2D eigenvalue weighted by Gasteiger charge is -2.25. The van der Waals surface area contributed by atoms with E-state index in [4.69, 9.17) is 0 Å². The van der Waals surface area contributed by atoms with Gasteiger partial charge in [-0.05, 0) is 76.7 Å². The highest BCUT2D eigenvalue weighted by Crippen LogP contribution is 2.28. The van der Waals surface area contributed by atoms with Gasteiger partial charge in [-0.15, -0.1) is 0 Å². The highest BCUT2D eigenvalue weighted by molar-refractivity contribution is 7.89. The van der Waals surface area contributed by atoms with Crippen LogP contribution in [0, 0.1) is 0 Å². The van der Waals surface area contributed by atoms with Crippen LogP contribution < -0.4 is 5.32 Å². The summed E-state index contributed by atoms with van der Waals surface area (Å²) >= 11 is 0. The van der Waals surface area contributed by atoms with Crippen molar-refractivity contribution >= 4 is 37.6 Å². The summed E-state index contributed by atoms with van der Waals surface area (Å²) < 4.78 is 27.3. The minimum absolute atomic E-state index is 0.210. The fraction of sp³-hybridized carbons (Fsp3) is 0.194. The first kappa shape index (κ1) is 24.4. The zero-order valence-electron chi connectivity index (χ0n) is 21.0. The number of hydrogen-bond donors (Lipinski definition) is 2. The van der Waals surface area contributed by atoms with Crippen LogP contribution in [0.1, 0.15) is 35.3 Å². The number of nitrogens with one attached hydrogen (secondary N) is 2. The summed E-state index contributed by atoms with van der Waals surface area (Å²) in [6, 6.07) is 29.5. The first-order valence-corrected chi connectivity index (χ1v) is 14.4. The second-order valence-electron chi connectivity index (χ2n) is 9.84. The summed E-state index contributed by atoms with van der Waals surface area (Å²) in [5, 5.41) is 6.30. The van der Waals surface area contributed by atoms with Gasteiger partial charge in [0.15, 0.2) is 0 Å². The smallest absolute Gasteiger partial charge is 0.267 e. The average Bonchev–Trinajstić information content (AvgIpc) is 3.40. The SMILES string of the molecule is O=C(NCc1ccc(S(=O)(=O)N2CCCCC2)cc1)c1cc2cc(-c3ccc4ccccc4c3)ccc2[nH]1. The average molecular weight is 524 g/mol. The molecule has 4 aromatic carbocycles. The van der Waals surface area contributed by atoms with Crippen LogP contribution in [0.3, 0.4) is 0 Å². The van der Waals surface area contributed by atoms with Gasteiger partial charge < -0.3 is 10.3 Å². The molecular formula is C31H29N3O3S. The number of aromatic nitrogens is 1. The van der Waals surface area contributed by atoms with Crippen LogP contribution in [0.15, 0.2) is 95.9 Å². The van der Waals surface area contributed by atoms with Crippen molar-refractivity contribution in [2.75, 3.05) is 13.1 Å². The third-order valence-electron chi connectivity index (χ3n) is 7.28. The zero-order valence-corrected chi connectivity index (χ0v) is 21.8. The highest BCUT2D eigenvalue weighted by atomic mass is 32.2. The number of nitrogens with zero attached hydrogens (tertiary/aromatic N) is 1. The number of piperidine rings is 1. The molecule has 0 atom stereocenters. The maximum absolute atomic E-state index is 12.9. The van der Waals surface area contributed by atoms with E-state index < -0.39 is 10.0 Å². The Morgan fingerprint density at radius 3 is 2.21 bits per heavy atom. The highest BCUT2D eigenvalue weighted by Gasteiger charge is 2.25. The standard InChI is InChI=1S/C31H29N3O3S/c35-31(32-21-22-8-13-28(14-9-22)38(36,37)34-16-4-1-5-17-34)30-20-27-19-26(12-15-29(27)33-30)25-11-10-23-6-2-3-7-24(23)18-25/h2-3,6-15,18-20,33H,1,4-5,16-17,21H2,(H,32,35). The summed E-state index contributed by atoms with van der Waals surface area (Å²) in [6.45, 7) is 1.46. The fourth-order valence-corrected chi connectivity index (χ4v) is 6.63. The van der Waals surface area contributed by atoms with E-state index in [1.165, 1.54) is 10.8 Å². The van der Waals surface area contributed by atoms with E-state index in [2.05, 4.69) is 52.8 Å². The molecule has 192 valence electrons. The Morgan fingerprint density at radius 1 is 0.763 bits per heavy atom. The van der Waals surface area contributed by atoms with E-state index >= 15 is 0 Å². The maximum Gasteiger partial charge on any atom is 0.267 e. The quantitative estimate of drug-likeness (QED) is 0.282. The Morgan fingerprint density at radius 2 is 1.45 bits per heavy atom. The van der Waals surface area contributed by atoms with Gasteiger partial charge in [0, 0.05) is 30.5 Å². The van der Waals surface area contributed by atoms with E-state index in [1.807, 2.05) is 24.3 Å². The van der Waals surface area contributed by atoms with Crippen molar-refractivity contribution in [3.05, 3.63) is 102 Å². The summed E-state index contributed by atoms with van der Waals surface area (Å²) in [7, 11) is -3.46. The lowest BCUT2D eigenvalue weighted by molar-refractivity contribution is 0.0946. The van der Waals surface area contributed by atoms with E-state index in [9.17, 15) is 13.2 Å². The number of hydrogen-bond acceptors (Lipinski definition) is 3. The molecule has 5 aromatic rings. The van der Waals surface area contributed by atoms with Crippen molar-refractivity contribution in [3.8, 4) is 11.1 Å². The van der Waals surface area contributed by atoms with Gasteiger partial charge in [-0.25, -0.2) is 8.42 Å². The third-order valence-corrected chi connectivity index (χ3v) is 9.19. The molecule has 2 heterocycles. The van der Waals surface area contributed by atoms with Gasteiger partial charge in [0.25, 0.3) is 5.91 Å². The van der Waals surface area contributed by atoms with Gasteiger partial charge in [-0.1, -0.05) is 61.0 Å². The summed E-state index contributed by atoms with van der Waals surface area (Å²) in [5.74, 6) is -0.210. The van der Waals surface area contributed by atoms with Crippen LogP contribution in [0.25, 0.3) is 32.8 Å². The number of carbonyl (C=O) groups is 1. The molecule has 1 aromatic heterocycles. The molecule has 0 saturated carbocycles. The molecule has 1 aliphatic rings. The lowest BCUT2D eigenvalue weighted by Crippen LogP contribution is -2.35. The first-order chi connectivity index (χ1) is 18.5. The molecule has 0 radical (unpaired) electrons. The molecule has 0 spiro atoms. The molecular weight excluding hydrogens is 494 g/mol. The normalized spacial score (nSPS) is 14.6. The van der Waals surface area contributed by atoms with Crippen molar-refractivity contribution < 1.29 is 13.2 Å². The molecule has 1 saturated heterocycles. The number of aromatic amines is 1. The fourth-order valence-electron chi connectivity index (χ4n) is 5.11. The van der Waals surface area contributed by atoms with Crippen molar-refractivity contribution in [1.82, 2.24) is 14.6 Å². The van der Waals surface area contributed by atoms with E-state index in [1.54, 1.807) is 28.6 Å². The number of H-pyrrole nitrogens is 1. The van der Waals surface area contributed by atoms with Crippen molar-refractivity contribution in [2.45, 2.75) is 30.7 Å². The van der Waals surface area contributed by atoms with Crippen molar-refractivity contribution in [2.24, 2.45) is 0 Å². The van der Waals surface area contributed by atoms with Crippen molar-refractivity contribution in [1.29, 1.82) is 0 Å². The monoisotopic (exact) mass is 523 g/mol. The number of benzene rings is 4. The van der Waals surface area contributed by atoms with Crippen LogP contribution in [0.4, 0.5) is 0 Å². The van der Waals surface area contributed by atoms with Gasteiger partial charge in [0.05, 0.1) is 4.90 Å². The van der Waals surface area contributed by atoms with Crippen LogP contribution >= 0.6 is 0 Å². The Kier molecular flexibility index (Phi) is 6.47. The molecule has 6 rings (SSSR count). The molecule has 2 N–H and O–H groups in total. The minimum Gasteiger partial charge on any atom is -0.351 e. The summed E-state index contributed by atoms with van der Waals surface area (Å²) in [6.07, 6.45) is 2.89. The molecule has 0 unspecified atom stereocenters. The van der Waals surface area contributed by atoms with Gasteiger partial charge in [-0.3, -0.25) is 4.79 Å². The number of fused-ring (bicyclic) bond motifs is 2. The number of sulfonamides is 1. The first-order valence-electron chi connectivity index (χ1n) is 13.0. The number of carbonyl (C=O) groups excluding carboxylic acids is 1. The van der Waals surface area contributed by atoms with Crippen LogP contribution in [0.5, 0.6) is 0 Å². The molecule has 1 amide bonds. The van der Waals surface area contributed by atoms with Gasteiger partial charge >= 0.3 is 0 Å². The number of amides is 1. The van der Waals surface area contributed by atoms with Gasteiger partial charge in [-0.2, -0.15) is 4.31 Å². The molecule has 1 aliphatic heterocycles. The van der Waals surface area contributed by atoms with Crippen LogP contribution in [-0.2, 0) is 16.6 Å². The van der Waals surface area contributed by atoms with E-state index in [0.29, 0.717) is 30.2 Å². The largest absolute Gasteiger partial charge is 0.351 e. The second-order valence-corrected chi connectivity index (χ2v) is 11.8. The topological polar surface area (TPSA) is 82.3 Å². The number of rotatable bonds is 6. The predicted octanol–water partition coefficient (Wildman–Crippen LogP) is 6.09. The van der Waals surface area contributed by atoms with E-state index in [0.717, 1.165) is 46.9 Å². The summed E-state index contributed by atoms with van der Waals surface area (Å²) in [5.41, 5.74) is 4.44. The van der Waals surface area contributed by atoms with Gasteiger partial charge in [0.2, 0.25) is 10.0 Å². The van der Waals surface area contributed by atoms with Crippen molar-refractivity contribution in [3.63, 3.8) is 0 Å². The minimum atomic E-state index is -3.46. The Labute approximate surface area is 222 Å². The summed E-state index contributed by atoms with van der Waals surface area (Å²) in [4.78, 5) is 16.4. The molecule has 6 nitrogen and oxygen atoms in total. The zero-order chi connectivity index (χ0) is 26.1. The Hall–Kier alpha value is -3.94. The molecule has 0 bridgehead atoms. The Bertz CT molecular complexity index is 1730. The third kappa shape index (κ3) is 4.83. The van der Waals surface area contributed by atoms with Gasteiger partial charge in [0.1, 0.15) is 5.69 Å². The lowest BCUT2D eigenvalue weighted by atomic mass is 10.0. The Balaban J connectivity index is 1.14. The van der Waals surface area contributed by atoms with Crippen LogP contribution in [-0.4, -0.2) is 36.7 Å². The molecule has 38 heavy (non-hydrogen) atoms. The van der Waals surface area contributed by atoms with E-state index in [-0.39, 0.29) is 5.91 Å².